The van der Waals surface area contributed by atoms with Gasteiger partial charge in [-0.25, -0.2) is 0 Å². The van der Waals surface area contributed by atoms with Crippen LogP contribution in [0.5, 0.6) is 0 Å². The van der Waals surface area contributed by atoms with E-state index in [1.807, 2.05) is 24.3 Å². The Kier molecular flexibility index (Phi) is 8.51. The predicted molar refractivity (Wildman–Crippen MR) is 213 cm³/mol. The average molecular weight is 867 g/mol. The minimum absolute atomic E-state index is 0. The van der Waals surface area contributed by atoms with Crippen LogP contribution in [0.2, 0.25) is 0 Å². The summed E-state index contributed by atoms with van der Waals surface area (Å²) in [5.41, 5.74) is 9.57. The Morgan fingerprint density at radius 3 is 2.21 bits per heavy atom. The van der Waals surface area contributed by atoms with Gasteiger partial charge in [-0.3, -0.25) is 4.98 Å². The van der Waals surface area contributed by atoms with Crippen molar-refractivity contribution in [3.63, 3.8) is 0 Å². The fourth-order valence-electron chi connectivity index (χ4n) is 6.67. The molecule has 52 heavy (non-hydrogen) atoms. The molecular formula is C47H45IrN3O-2. The average Bonchev–Trinajstić information content (AvgIpc) is 3.75. The van der Waals surface area contributed by atoms with Gasteiger partial charge in [-0.05, 0) is 83.1 Å². The van der Waals surface area contributed by atoms with Crippen molar-refractivity contribution in [3.8, 4) is 28.3 Å². The number of nitrogens with zero attached hydrogens (tertiary/aromatic N) is 3. The van der Waals surface area contributed by atoms with Crippen LogP contribution in [-0.4, -0.2) is 14.5 Å². The minimum atomic E-state index is -2.39. The van der Waals surface area contributed by atoms with Crippen molar-refractivity contribution in [3.05, 3.63) is 149 Å². The van der Waals surface area contributed by atoms with Gasteiger partial charge in [0.15, 0.2) is 0 Å². The molecule has 0 atom stereocenters. The largest absolute Gasteiger partial charge is 0.501 e. The molecule has 0 N–H and O–H groups in total. The Labute approximate surface area is 331 Å². The molecule has 0 aliphatic rings. The Hall–Kier alpha value is -4.83. The van der Waals surface area contributed by atoms with Gasteiger partial charge >= 0.3 is 0 Å². The molecule has 0 aliphatic carbocycles. The van der Waals surface area contributed by atoms with Gasteiger partial charge in [-0.2, -0.15) is 0 Å². The van der Waals surface area contributed by atoms with Crippen LogP contribution in [0.3, 0.4) is 0 Å². The number of para-hydroxylation sites is 3. The first-order valence-electron chi connectivity index (χ1n) is 20.8. The van der Waals surface area contributed by atoms with Crippen molar-refractivity contribution in [1.29, 1.82) is 0 Å². The van der Waals surface area contributed by atoms with Crippen LogP contribution >= 0.6 is 0 Å². The minimum Gasteiger partial charge on any atom is -0.501 e. The summed E-state index contributed by atoms with van der Waals surface area (Å²) >= 11 is 0. The molecule has 0 bridgehead atoms. The number of imidazole rings is 1. The number of aromatic nitrogens is 3. The molecule has 3 heterocycles. The Bertz CT molecular complexity index is 2730. The molecule has 0 amide bonds. The number of rotatable bonds is 6. The normalized spacial score (nSPS) is 14.1. The van der Waals surface area contributed by atoms with Gasteiger partial charge in [0.2, 0.25) is 0 Å². The monoisotopic (exact) mass is 867 g/mol. The second kappa shape index (κ2) is 15.4. The second-order valence-corrected chi connectivity index (χ2v) is 13.7. The number of benzene rings is 5. The summed E-state index contributed by atoms with van der Waals surface area (Å²) in [7, 11) is 0. The van der Waals surface area contributed by atoms with Gasteiger partial charge < -0.3 is 14.0 Å². The zero-order valence-corrected chi connectivity index (χ0v) is 32.5. The molecule has 0 saturated carbocycles. The summed E-state index contributed by atoms with van der Waals surface area (Å²) in [6.07, 6.45) is 1.29. The first-order valence-corrected chi connectivity index (χ1v) is 17.3. The molecular weight excluding hydrogens is 815 g/mol. The van der Waals surface area contributed by atoms with E-state index >= 15 is 0 Å². The van der Waals surface area contributed by atoms with Crippen LogP contribution in [0.1, 0.15) is 96.7 Å². The van der Waals surface area contributed by atoms with Crippen LogP contribution < -0.4 is 0 Å². The van der Waals surface area contributed by atoms with Gasteiger partial charge in [0.1, 0.15) is 5.58 Å². The molecule has 5 heteroatoms. The quantitative estimate of drug-likeness (QED) is 0.156. The maximum Gasteiger partial charge on any atom is 0.121 e. The number of hydrogen-bond donors (Lipinski definition) is 0. The van der Waals surface area contributed by atoms with Crippen molar-refractivity contribution in [2.75, 3.05) is 0 Å². The Morgan fingerprint density at radius 1 is 0.750 bits per heavy atom. The number of pyridine rings is 1. The molecule has 265 valence electrons. The predicted octanol–water partition coefficient (Wildman–Crippen LogP) is 12.9. The SMILES string of the molecule is CC(C)c1cccc(C(C)C)c1-n1c(-c2[c-]cccc2)nc2ccccc21.[2H]C([2H])([2H])c1ccc2c(c1)oc1c(-c3cc(C([2H])(C)C)c(C([2H])([2H])[2H])cn3)[c-]ccc12.[Ir]. The first-order chi connectivity index (χ1) is 27.3. The fourth-order valence-corrected chi connectivity index (χ4v) is 6.67. The zero-order chi connectivity index (χ0) is 41.7. The summed E-state index contributed by atoms with van der Waals surface area (Å²) in [6, 6.07) is 39.6. The molecule has 0 unspecified atom stereocenters. The third-order valence-electron chi connectivity index (χ3n) is 9.21. The van der Waals surface area contributed by atoms with Gasteiger partial charge in [-0.15, -0.1) is 54.1 Å². The smallest absolute Gasteiger partial charge is 0.121 e. The van der Waals surface area contributed by atoms with E-state index in [1.54, 1.807) is 38.1 Å². The third-order valence-corrected chi connectivity index (χ3v) is 9.21. The molecule has 0 fully saturated rings. The summed E-state index contributed by atoms with van der Waals surface area (Å²) < 4.78 is 63.0. The fraction of sp³-hybridized carbons (Fsp3) is 0.234. The van der Waals surface area contributed by atoms with E-state index in [0.717, 1.165) is 33.2 Å². The number of fused-ring (bicyclic) bond motifs is 4. The molecule has 3 aromatic heterocycles. The standard InChI is InChI=1S/C25H25N2.C22H20NO.Ir/c1-17(2)20-13-10-14-21(18(3)4)24(20)27-23-16-9-8-15-22(23)26-25(27)19-11-6-5-7-12-19;1-13(2)19-11-20(23-12-15(19)4)18-7-5-6-17-16-9-8-14(3)10-21(16)24-22(17)18;/h5-11,13-18H,1-4H3;5-6,8-13H,1-4H3;/q2*-1;/i;3D3,4D3,13D;. The number of hydrogen-bond acceptors (Lipinski definition) is 3. The van der Waals surface area contributed by atoms with Crippen LogP contribution in [0.15, 0.2) is 114 Å². The maximum absolute atomic E-state index is 8.42. The molecule has 0 saturated heterocycles. The van der Waals surface area contributed by atoms with E-state index in [4.69, 9.17) is 19.0 Å². The molecule has 5 aromatic carbocycles. The van der Waals surface area contributed by atoms with E-state index in [9.17, 15) is 0 Å². The van der Waals surface area contributed by atoms with Crippen LogP contribution in [0, 0.1) is 25.8 Å². The van der Waals surface area contributed by atoms with Crippen LogP contribution in [0.25, 0.3) is 61.3 Å². The summed E-state index contributed by atoms with van der Waals surface area (Å²) in [5.74, 6) is 0.643. The van der Waals surface area contributed by atoms with Crippen LogP contribution in [0.4, 0.5) is 0 Å². The Balaban J connectivity index is 0.000000197. The molecule has 8 rings (SSSR count). The maximum atomic E-state index is 8.42. The van der Waals surface area contributed by atoms with Crippen LogP contribution in [-0.2, 0) is 20.1 Å². The van der Waals surface area contributed by atoms with Gasteiger partial charge in [0.25, 0.3) is 0 Å². The van der Waals surface area contributed by atoms with Gasteiger partial charge in [0, 0.05) is 47.0 Å². The van der Waals surface area contributed by atoms with Gasteiger partial charge in [0.05, 0.1) is 22.4 Å². The van der Waals surface area contributed by atoms with Crippen molar-refractivity contribution >= 4 is 33.0 Å². The summed E-state index contributed by atoms with van der Waals surface area (Å²) in [4.78, 5) is 9.33. The van der Waals surface area contributed by atoms with Gasteiger partial charge in [-0.1, -0.05) is 101 Å². The molecule has 0 aliphatic heterocycles. The molecule has 8 aromatic rings. The van der Waals surface area contributed by atoms with Crippen molar-refractivity contribution in [2.45, 2.75) is 73.0 Å². The first kappa shape index (κ1) is 28.7. The van der Waals surface area contributed by atoms with Crippen molar-refractivity contribution < 1.29 is 34.1 Å². The third kappa shape index (κ3) is 7.00. The van der Waals surface area contributed by atoms with E-state index in [1.165, 1.54) is 29.1 Å². The van der Waals surface area contributed by atoms with E-state index in [-0.39, 0.29) is 31.2 Å². The zero-order valence-electron chi connectivity index (χ0n) is 37.1. The topological polar surface area (TPSA) is 43.9 Å². The Morgan fingerprint density at radius 2 is 1.52 bits per heavy atom. The summed E-state index contributed by atoms with van der Waals surface area (Å²) in [6.45, 7) is 7.66. The van der Waals surface area contributed by atoms with Crippen molar-refractivity contribution in [1.82, 2.24) is 14.5 Å². The molecule has 4 nitrogen and oxygen atoms in total. The number of furan rings is 1. The number of aryl methyl sites for hydroxylation is 2. The van der Waals surface area contributed by atoms with Crippen molar-refractivity contribution in [2.24, 2.45) is 0 Å². The van der Waals surface area contributed by atoms with E-state index < -0.39 is 19.6 Å². The van der Waals surface area contributed by atoms with E-state index in [0.29, 0.717) is 39.8 Å². The second-order valence-electron chi connectivity index (χ2n) is 13.7. The van der Waals surface area contributed by atoms with E-state index in [2.05, 4.69) is 97.9 Å². The summed E-state index contributed by atoms with van der Waals surface area (Å²) in [5, 5.41) is 1.53. The molecule has 1 radical (unpaired) electrons. The molecule has 0 spiro atoms.